The first kappa shape index (κ1) is 8.92. The van der Waals surface area contributed by atoms with Gasteiger partial charge >= 0.3 is 0 Å². The van der Waals surface area contributed by atoms with E-state index in [-0.39, 0.29) is 17.9 Å². The van der Waals surface area contributed by atoms with Gasteiger partial charge in [-0.25, -0.2) is 0 Å². The monoisotopic (exact) mass is 187 g/mol. The third-order valence-corrected chi connectivity index (χ3v) is 2.05. The summed E-state index contributed by atoms with van der Waals surface area (Å²) in [6.45, 7) is 1.75. The highest BCUT2D eigenvalue weighted by Gasteiger charge is 2.14. The van der Waals surface area contributed by atoms with E-state index in [0.29, 0.717) is 5.69 Å². The van der Waals surface area contributed by atoms with Gasteiger partial charge in [-0.3, -0.25) is 14.0 Å². The summed E-state index contributed by atoms with van der Waals surface area (Å²) in [6.07, 6.45) is 0.160. The van der Waals surface area contributed by atoms with Crippen LogP contribution in [0, 0.1) is 0 Å². The zero-order valence-electron chi connectivity index (χ0n) is 6.53. The van der Waals surface area contributed by atoms with Gasteiger partial charge in [0.1, 0.15) is 5.69 Å². The van der Waals surface area contributed by atoms with Gasteiger partial charge in [-0.1, -0.05) is 6.92 Å². The molecule has 0 saturated carbocycles. The number of hydrogen-bond acceptors (Lipinski definition) is 4. The van der Waals surface area contributed by atoms with E-state index in [1.165, 1.54) is 0 Å². The number of nitrogens with one attached hydrogen (secondary N) is 1. The molecule has 3 N–H and O–H groups in total. The second kappa shape index (κ2) is 3.48. The van der Waals surface area contributed by atoms with E-state index in [1.54, 1.807) is 6.92 Å². The lowest BCUT2D eigenvalue weighted by Crippen LogP contribution is -2.17. The molecule has 12 heavy (non-hydrogen) atoms. The van der Waals surface area contributed by atoms with E-state index in [9.17, 15) is 9.59 Å². The first-order valence-corrected chi connectivity index (χ1v) is 4.21. The number of hydrogen-bond donors (Lipinski definition) is 2. The Hall–Kier alpha value is -1.17. The average molecular weight is 187 g/mol. The van der Waals surface area contributed by atoms with Gasteiger partial charge < -0.3 is 5.73 Å². The SMILES string of the molecule is CC(CC(N)=O)c1ns[nH]c1=O. The van der Waals surface area contributed by atoms with Gasteiger partial charge in [-0.2, -0.15) is 4.37 Å². The van der Waals surface area contributed by atoms with E-state index in [0.717, 1.165) is 11.7 Å². The number of rotatable bonds is 3. The molecule has 0 aliphatic carbocycles. The van der Waals surface area contributed by atoms with Crippen LogP contribution in [0.3, 0.4) is 0 Å². The topological polar surface area (TPSA) is 88.8 Å². The van der Waals surface area contributed by atoms with Gasteiger partial charge in [-0.05, 0) is 0 Å². The van der Waals surface area contributed by atoms with Crippen molar-refractivity contribution in [2.75, 3.05) is 0 Å². The molecule has 1 rings (SSSR count). The van der Waals surface area contributed by atoms with Crippen molar-refractivity contribution in [2.45, 2.75) is 19.3 Å². The van der Waals surface area contributed by atoms with Crippen LogP contribution in [0.4, 0.5) is 0 Å². The van der Waals surface area contributed by atoms with Gasteiger partial charge in [0.25, 0.3) is 5.56 Å². The van der Waals surface area contributed by atoms with Crippen molar-refractivity contribution in [3.05, 3.63) is 16.0 Å². The Morgan fingerprint density at radius 1 is 1.83 bits per heavy atom. The fraction of sp³-hybridized carbons (Fsp3) is 0.500. The lowest BCUT2D eigenvalue weighted by Gasteiger charge is -2.01. The van der Waals surface area contributed by atoms with Crippen molar-refractivity contribution >= 4 is 17.6 Å². The fourth-order valence-electron chi connectivity index (χ4n) is 0.919. The number of carbonyl (C=O) groups excluding carboxylic acids is 1. The Balaban J connectivity index is 2.78. The first-order valence-electron chi connectivity index (χ1n) is 3.44. The minimum Gasteiger partial charge on any atom is -0.370 e. The van der Waals surface area contributed by atoms with Crippen LogP contribution >= 0.6 is 11.7 Å². The van der Waals surface area contributed by atoms with Crippen LogP contribution in [-0.2, 0) is 4.79 Å². The van der Waals surface area contributed by atoms with Crippen LogP contribution in [0.2, 0.25) is 0 Å². The van der Waals surface area contributed by atoms with Crippen molar-refractivity contribution in [3.8, 4) is 0 Å². The molecule has 0 fully saturated rings. The van der Waals surface area contributed by atoms with Crippen molar-refractivity contribution in [1.29, 1.82) is 0 Å². The maximum Gasteiger partial charge on any atom is 0.281 e. The number of amides is 1. The lowest BCUT2D eigenvalue weighted by atomic mass is 10.0. The Bertz CT molecular complexity index is 330. The highest BCUT2D eigenvalue weighted by atomic mass is 32.1. The molecule has 5 nitrogen and oxygen atoms in total. The summed E-state index contributed by atoms with van der Waals surface area (Å²) in [6, 6.07) is 0. The Morgan fingerprint density at radius 3 is 2.92 bits per heavy atom. The van der Waals surface area contributed by atoms with Crippen LogP contribution in [0.25, 0.3) is 0 Å². The summed E-state index contributed by atoms with van der Waals surface area (Å²) in [5.74, 6) is -0.618. The van der Waals surface area contributed by atoms with Crippen molar-refractivity contribution < 1.29 is 4.79 Å². The molecule has 1 amide bonds. The molecule has 1 unspecified atom stereocenters. The molecule has 0 aliphatic heterocycles. The molecule has 66 valence electrons. The van der Waals surface area contributed by atoms with Crippen molar-refractivity contribution in [3.63, 3.8) is 0 Å². The number of aromatic nitrogens is 2. The lowest BCUT2D eigenvalue weighted by molar-refractivity contribution is -0.118. The summed E-state index contributed by atoms with van der Waals surface area (Å²) in [5, 5.41) is 0. The van der Waals surface area contributed by atoms with Gasteiger partial charge in [0.2, 0.25) is 5.91 Å². The zero-order chi connectivity index (χ0) is 9.14. The smallest absolute Gasteiger partial charge is 0.281 e. The minimum atomic E-state index is -0.421. The highest BCUT2D eigenvalue weighted by Crippen LogP contribution is 2.12. The third-order valence-electron chi connectivity index (χ3n) is 1.49. The first-order chi connectivity index (χ1) is 5.61. The maximum atomic E-state index is 11.0. The molecule has 1 aromatic heterocycles. The average Bonchev–Trinajstić information content (AvgIpc) is 2.33. The van der Waals surface area contributed by atoms with Gasteiger partial charge in [0, 0.05) is 24.1 Å². The summed E-state index contributed by atoms with van der Waals surface area (Å²) in [7, 11) is 0. The van der Waals surface area contributed by atoms with Gasteiger partial charge in [0.15, 0.2) is 0 Å². The highest BCUT2D eigenvalue weighted by molar-refractivity contribution is 6.99. The largest absolute Gasteiger partial charge is 0.370 e. The van der Waals surface area contributed by atoms with Crippen LogP contribution < -0.4 is 11.3 Å². The molecule has 0 saturated heterocycles. The van der Waals surface area contributed by atoms with Crippen LogP contribution in [0.15, 0.2) is 4.79 Å². The van der Waals surface area contributed by atoms with Crippen LogP contribution in [0.5, 0.6) is 0 Å². The molecule has 1 aromatic rings. The number of primary amides is 1. The molecule has 1 atom stereocenters. The molecule has 1 heterocycles. The maximum absolute atomic E-state index is 11.0. The van der Waals surface area contributed by atoms with E-state index < -0.39 is 5.91 Å². The summed E-state index contributed by atoms with van der Waals surface area (Å²) in [5.41, 5.74) is 5.13. The quantitative estimate of drug-likeness (QED) is 0.687. The molecular formula is C6H9N3O2S. The summed E-state index contributed by atoms with van der Waals surface area (Å²) < 4.78 is 6.28. The summed E-state index contributed by atoms with van der Waals surface area (Å²) >= 11 is 0.982. The Kier molecular flexibility index (Phi) is 2.59. The fourth-order valence-corrected chi connectivity index (χ4v) is 1.51. The predicted octanol–water partition coefficient (Wildman–Crippen LogP) is -0.190. The number of H-pyrrole nitrogens is 1. The predicted molar refractivity (Wildman–Crippen MR) is 45.0 cm³/mol. The minimum absolute atomic E-state index is 0.160. The van der Waals surface area contributed by atoms with Gasteiger partial charge in [-0.15, -0.1) is 0 Å². The Morgan fingerprint density at radius 2 is 2.50 bits per heavy atom. The van der Waals surface area contributed by atoms with Crippen LogP contribution in [0.1, 0.15) is 25.0 Å². The van der Waals surface area contributed by atoms with E-state index >= 15 is 0 Å². The third kappa shape index (κ3) is 1.91. The molecule has 0 spiro atoms. The number of nitrogens with two attached hydrogens (primary N) is 1. The van der Waals surface area contributed by atoms with E-state index in [2.05, 4.69) is 8.75 Å². The van der Waals surface area contributed by atoms with E-state index in [4.69, 9.17) is 5.73 Å². The number of aromatic amines is 1. The van der Waals surface area contributed by atoms with Crippen molar-refractivity contribution in [2.24, 2.45) is 5.73 Å². The molecule has 0 aromatic carbocycles. The molecule has 0 radical (unpaired) electrons. The number of carbonyl (C=O) groups is 1. The second-order valence-corrected chi connectivity index (χ2v) is 3.14. The molecule has 0 aliphatic rings. The normalized spacial score (nSPS) is 12.8. The molecule has 0 bridgehead atoms. The number of nitrogens with zero attached hydrogens (tertiary/aromatic N) is 1. The van der Waals surface area contributed by atoms with Crippen LogP contribution in [-0.4, -0.2) is 14.7 Å². The van der Waals surface area contributed by atoms with Gasteiger partial charge in [0.05, 0.1) is 0 Å². The van der Waals surface area contributed by atoms with Crippen molar-refractivity contribution in [1.82, 2.24) is 8.75 Å². The van der Waals surface area contributed by atoms with E-state index in [1.807, 2.05) is 0 Å². The standard InChI is InChI=1S/C6H9N3O2S/c1-3(2-4(7)10)5-6(11)9-12-8-5/h3H,2H2,1H3,(H2,7,10)(H,9,11). The molecular weight excluding hydrogens is 178 g/mol. The molecule has 6 heteroatoms. The Labute approximate surface area is 72.9 Å². The second-order valence-electron chi connectivity index (χ2n) is 2.57. The summed E-state index contributed by atoms with van der Waals surface area (Å²) in [4.78, 5) is 21.5. The zero-order valence-corrected chi connectivity index (χ0v) is 7.35.